The molecule has 1 heterocycles. The lowest BCUT2D eigenvalue weighted by molar-refractivity contribution is -0.116. The number of fused-ring (bicyclic) bond motifs is 1. The third kappa shape index (κ3) is 2.71. The normalized spacial score (nSPS) is 10.6. The molecule has 0 saturated heterocycles. The van der Waals surface area contributed by atoms with Gasteiger partial charge in [-0.15, -0.1) is 0 Å². The Morgan fingerprint density at radius 3 is 2.95 bits per heavy atom. The molecule has 0 radical (unpaired) electrons. The molecule has 0 bridgehead atoms. The van der Waals surface area contributed by atoms with Crippen LogP contribution in [0, 0.1) is 0 Å². The summed E-state index contributed by atoms with van der Waals surface area (Å²) in [6.45, 7) is 0.165. The first-order chi connectivity index (χ1) is 10.7. The van der Waals surface area contributed by atoms with Crippen molar-refractivity contribution in [2.24, 2.45) is 0 Å². The molecule has 1 amide bonds. The lowest BCUT2D eigenvalue weighted by Crippen LogP contribution is -2.18. The van der Waals surface area contributed by atoms with Gasteiger partial charge in [-0.2, -0.15) is 0 Å². The number of nitrogens with one attached hydrogen (secondary N) is 1. The van der Waals surface area contributed by atoms with E-state index < -0.39 is 0 Å². The highest BCUT2D eigenvalue weighted by atomic mass is 16.5. The van der Waals surface area contributed by atoms with Crippen LogP contribution in [0.25, 0.3) is 11.0 Å². The van der Waals surface area contributed by atoms with E-state index in [1.807, 2.05) is 24.3 Å². The third-order valence-electron chi connectivity index (χ3n) is 3.34. The number of hydrogen-bond acceptors (Lipinski definition) is 4. The molecular weight excluding hydrogens is 280 g/mol. The van der Waals surface area contributed by atoms with Crippen LogP contribution in [0.3, 0.4) is 0 Å². The smallest absolute Gasteiger partial charge is 0.244 e. The highest BCUT2D eigenvalue weighted by Gasteiger charge is 2.10. The lowest BCUT2D eigenvalue weighted by Gasteiger charge is -2.11. The van der Waals surface area contributed by atoms with Crippen molar-refractivity contribution in [3.8, 4) is 5.75 Å². The molecule has 2 aromatic carbocycles. The van der Waals surface area contributed by atoms with Gasteiger partial charge in [-0.3, -0.25) is 4.79 Å². The lowest BCUT2D eigenvalue weighted by atomic mass is 10.2. The van der Waals surface area contributed by atoms with Gasteiger partial charge in [-0.1, -0.05) is 12.1 Å². The minimum Gasteiger partial charge on any atom is -0.495 e. The van der Waals surface area contributed by atoms with E-state index in [-0.39, 0.29) is 12.5 Å². The molecular formula is C16H16N4O2. The van der Waals surface area contributed by atoms with Gasteiger partial charge in [0.2, 0.25) is 5.91 Å². The molecule has 1 aromatic heterocycles. The number of hydrogen-bond donors (Lipinski definition) is 2. The van der Waals surface area contributed by atoms with Gasteiger partial charge in [-0.25, -0.2) is 4.98 Å². The minimum atomic E-state index is -0.174. The zero-order valence-corrected chi connectivity index (χ0v) is 12.1. The Balaban J connectivity index is 1.79. The number of aromatic nitrogens is 2. The van der Waals surface area contributed by atoms with Crippen LogP contribution in [0.4, 0.5) is 11.4 Å². The number of nitrogens with zero attached hydrogens (tertiary/aromatic N) is 2. The monoisotopic (exact) mass is 296 g/mol. The van der Waals surface area contributed by atoms with Gasteiger partial charge in [0.25, 0.3) is 0 Å². The average molecular weight is 296 g/mol. The maximum Gasteiger partial charge on any atom is 0.244 e. The highest BCUT2D eigenvalue weighted by molar-refractivity contribution is 5.93. The number of benzene rings is 2. The molecule has 0 spiro atoms. The molecule has 0 unspecified atom stereocenters. The summed E-state index contributed by atoms with van der Waals surface area (Å²) >= 11 is 0. The van der Waals surface area contributed by atoms with Gasteiger partial charge in [-0.05, 0) is 30.3 Å². The number of para-hydroxylation sites is 2. The largest absolute Gasteiger partial charge is 0.495 e. The fraction of sp³-hybridized carbons (Fsp3) is 0.125. The topological polar surface area (TPSA) is 82.2 Å². The third-order valence-corrected chi connectivity index (χ3v) is 3.34. The van der Waals surface area contributed by atoms with Crippen LogP contribution in [0.2, 0.25) is 0 Å². The number of amides is 1. The molecule has 0 aliphatic heterocycles. The van der Waals surface area contributed by atoms with Gasteiger partial charge in [0, 0.05) is 5.69 Å². The number of nitrogen functional groups attached to an aromatic ring is 1. The number of methoxy groups -OCH3 is 1. The van der Waals surface area contributed by atoms with Crippen molar-refractivity contribution in [1.29, 1.82) is 0 Å². The summed E-state index contributed by atoms with van der Waals surface area (Å²) in [6, 6.07) is 12.8. The Kier molecular flexibility index (Phi) is 3.65. The maximum absolute atomic E-state index is 12.2. The van der Waals surface area contributed by atoms with E-state index in [1.54, 1.807) is 36.2 Å². The molecule has 22 heavy (non-hydrogen) atoms. The van der Waals surface area contributed by atoms with Crippen LogP contribution in [0.15, 0.2) is 48.8 Å². The van der Waals surface area contributed by atoms with Gasteiger partial charge in [0.15, 0.2) is 0 Å². The SMILES string of the molecule is COc1ccc(N)cc1NC(=O)Cn1cnc2ccccc21. The molecule has 112 valence electrons. The minimum absolute atomic E-state index is 0.165. The number of nitrogens with two attached hydrogens (primary N) is 1. The van der Waals surface area contributed by atoms with Crippen molar-refractivity contribution in [1.82, 2.24) is 9.55 Å². The first kappa shape index (κ1) is 13.9. The van der Waals surface area contributed by atoms with Gasteiger partial charge in [0.05, 0.1) is 30.2 Å². The van der Waals surface area contributed by atoms with Gasteiger partial charge >= 0.3 is 0 Å². The molecule has 0 saturated carbocycles. The van der Waals surface area contributed by atoms with Crippen LogP contribution in [0.5, 0.6) is 5.75 Å². The Bertz CT molecular complexity index is 826. The zero-order chi connectivity index (χ0) is 15.5. The zero-order valence-electron chi connectivity index (χ0n) is 12.1. The molecule has 3 aromatic rings. The van der Waals surface area contributed by atoms with Gasteiger partial charge in [0.1, 0.15) is 12.3 Å². The molecule has 0 aliphatic rings. The summed E-state index contributed by atoms with van der Waals surface area (Å²) in [5, 5.41) is 2.81. The molecule has 3 N–H and O–H groups in total. The van der Waals surface area contributed by atoms with Crippen molar-refractivity contribution in [2.45, 2.75) is 6.54 Å². The van der Waals surface area contributed by atoms with Crippen LogP contribution in [-0.2, 0) is 11.3 Å². The summed E-state index contributed by atoms with van der Waals surface area (Å²) < 4.78 is 7.01. The quantitative estimate of drug-likeness (QED) is 0.724. The Hall–Kier alpha value is -3.02. The van der Waals surface area contributed by atoms with Gasteiger partial charge < -0.3 is 20.4 Å². The average Bonchev–Trinajstić information content (AvgIpc) is 2.91. The van der Waals surface area contributed by atoms with Crippen molar-refractivity contribution < 1.29 is 9.53 Å². The number of ether oxygens (including phenoxy) is 1. The van der Waals surface area contributed by atoms with Crippen molar-refractivity contribution in [3.63, 3.8) is 0 Å². The number of rotatable bonds is 4. The molecule has 0 aliphatic carbocycles. The summed E-state index contributed by atoms with van der Waals surface area (Å²) in [5.74, 6) is 0.394. The molecule has 0 fully saturated rings. The second-order valence-electron chi connectivity index (χ2n) is 4.87. The molecule has 0 atom stereocenters. The van der Waals surface area contributed by atoms with E-state index in [2.05, 4.69) is 10.3 Å². The molecule has 6 heteroatoms. The predicted octanol–water partition coefficient (Wildman–Crippen LogP) is 2.27. The van der Waals surface area contributed by atoms with Crippen LogP contribution >= 0.6 is 0 Å². The summed E-state index contributed by atoms with van der Waals surface area (Å²) in [4.78, 5) is 16.5. The van der Waals surface area contributed by atoms with Crippen molar-refractivity contribution in [3.05, 3.63) is 48.8 Å². The van der Waals surface area contributed by atoms with E-state index in [9.17, 15) is 4.79 Å². The van der Waals surface area contributed by atoms with Crippen LogP contribution < -0.4 is 15.8 Å². The Labute approximate surface area is 127 Å². The van der Waals surface area contributed by atoms with Crippen molar-refractivity contribution >= 4 is 28.3 Å². The predicted molar refractivity (Wildman–Crippen MR) is 85.8 cm³/mol. The summed E-state index contributed by atoms with van der Waals surface area (Å²) in [6.07, 6.45) is 1.65. The standard InChI is InChI=1S/C16H16N4O2/c1-22-15-7-6-11(17)8-13(15)19-16(21)9-20-10-18-12-4-2-3-5-14(12)20/h2-8,10H,9,17H2,1H3,(H,19,21). The van der Waals surface area contributed by atoms with Crippen molar-refractivity contribution in [2.75, 3.05) is 18.2 Å². The Morgan fingerprint density at radius 2 is 2.14 bits per heavy atom. The maximum atomic E-state index is 12.2. The van der Waals surface area contributed by atoms with E-state index in [4.69, 9.17) is 10.5 Å². The first-order valence-corrected chi connectivity index (χ1v) is 6.80. The second-order valence-corrected chi connectivity index (χ2v) is 4.87. The van der Waals surface area contributed by atoms with E-state index in [0.29, 0.717) is 17.1 Å². The van der Waals surface area contributed by atoms with E-state index >= 15 is 0 Å². The molecule has 6 nitrogen and oxygen atoms in total. The number of anilines is 2. The number of carbonyl (C=O) groups is 1. The summed E-state index contributed by atoms with van der Waals surface area (Å²) in [7, 11) is 1.55. The Morgan fingerprint density at radius 1 is 1.32 bits per heavy atom. The van der Waals surface area contributed by atoms with Crippen LogP contribution in [-0.4, -0.2) is 22.6 Å². The van der Waals surface area contributed by atoms with Crippen LogP contribution in [0.1, 0.15) is 0 Å². The first-order valence-electron chi connectivity index (χ1n) is 6.80. The molecule has 3 rings (SSSR count). The summed E-state index contributed by atoms with van der Waals surface area (Å²) in [5.41, 5.74) is 8.63. The van der Waals surface area contributed by atoms with E-state index in [1.165, 1.54) is 0 Å². The number of carbonyl (C=O) groups excluding carboxylic acids is 1. The fourth-order valence-electron chi connectivity index (χ4n) is 2.30. The highest BCUT2D eigenvalue weighted by Crippen LogP contribution is 2.26. The second kappa shape index (κ2) is 5.77. The number of imidazole rings is 1. The van der Waals surface area contributed by atoms with E-state index in [0.717, 1.165) is 11.0 Å². The fourth-order valence-corrected chi connectivity index (χ4v) is 2.30.